The minimum atomic E-state index is -0.318. The molecular weight excluding hydrogens is 252 g/mol. The quantitative estimate of drug-likeness (QED) is 0.828. The Balaban J connectivity index is 0.000000182. The van der Waals surface area contributed by atoms with Crippen LogP contribution in [0.5, 0.6) is 0 Å². The van der Waals surface area contributed by atoms with Gasteiger partial charge in [0.15, 0.2) is 0 Å². The van der Waals surface area contributed by atoms with Crippen LogP contribution in [0.4, 0.5) is 0 Å². The lowest BCUT2D eigenvalue weighted by Crippen LogP contribution is -2.39. The summed E-state index contributed by atoms with van der Waals surface area (Å²) in [5, 5.41) is 4.62. The van der Waals surface area contributed by atoms with Crippen LogP contribution < -0.4 is 5.32 Å². The van der Waals surface area contributed by atoms with E-state index in [2.05, 4.69) is 39.3 Å². The molecule has 20 heavy (non-hydrogen) atoms. The Bertz CT molecular complexity index is 565. The van der Waals surface area contributed by atoms with Crippen LogP contribution in [-0.4, -0.2) is 30.1 Å². The van der Waals surface area contributed by atoms with E-state index in [1.54, 1.807) is 0 Å². The monoisotopic (exact) mass is 274 g/mol. The van der Waals surface area contributed by atoms with Crippen LogP contribution in [0.1, 0.15) is 32.3 Å². The molecule has 1 aliphatic rings. The van der Waals surface area contributed by atoms with Gasteiger partial charge in [0.05, 0.1) is 0 Å². The van der Waals surface area contributed by atoms with Crippen molar-refractivity contribution in [2.24, 2.45) is 0 Å². The van der Waals surface area contributed by atoms with Gasteiger partial charge in [0.2, 0.25) is 0 Å². The number of ether oxygens (including phenoxy) is 1. The van der Waals surface area contributed by atoms with Crippen LogP contribution in [0, 0.1) is 0 Å². The van der Waals surface area contributed by atoms with Crippen LogP contribution in [0.3, 0.4) is 0 Å². The van der Waals surface area contributed by atoms with Crippen molar-refractivity contribution in [2.45, 2.75) is 32.3 Å². The molecule has 1 aliphatic heterocycles. The second kappa shape index (κ2) is 6.09. The summed E-state index contributed by atoms with van der Waals surface area (Å²) < 4.78 is 4.55. The van der Waals surface area contributed by atoms with E-state index in [0.717, 1.165) is 19.0 Å². The van der Waals surface area contributed by atoms with E-state index in [1.165, 1.54) is 16.5 Å². The van der Waals surface area contributed by atoms with E-state index in [9.17, 15) is 4.79 Å². The number of hydrogen-bond donors (Lipinski definition) is 2. The van der Waals surface area contributed by atoms with E-state index in [4.69, 9.17) is 0 Å². The van der Waals surface area contributed by atoms with Crippen molar-refractivity contribution in [1.29, 1.82) is 0 Å². The standard InChI is InChI=1S/C11H12N2.C5H10O2/c1-2-11-9(3-4-13-11)5-8(1)10-6-12-7-10;1-5(2,3)7-4-6/h1-5,10,12-13H,6-7H2;4H,1-3H3. The van der Waals surface area contributed by atoms with Crippen molar-refractivity contribution in [2.75, 3.05) is 13.1 Å². The summed E-state index contributed by atoms with van der Waals surface area (Å²) >= 11 is 0. The molecule has 0 spiro atoms. The molecule has 1 aromatic heterocycles. The Kier molecular flexibility index (Phi) is 4.45. The number of aromatic nitrogens is 1. The Hall–Kier alpha value is -1.81. The van der Waals surface area contributed by atoms with Gasteiger partial charge in [-0.05, 0) is 49.9 Å². The van der Waals surface area contributed by atoms with Gasteiger partial charge in [-0.3, -0.25) is 4.79 Å². The zero-order chi connectivity index (χ0) is 14.6. The average molecular weight is 274 g/mol. The summed E-state index contributed by atoms with van der Waals surface area (Å²) in [6.07, 6.45) is 1.99. The number of aromatic amines is 1. The molecule has 0 amide bonds. The molecule has 0 bridgehead atoms. The molecule has 1 aromatic carbocycles. The number of carbonyl (C=O) groups excluding carboxylic acids is 1. The zero-order valence-electron chi connectivity index (χ0n) is 12.3. The first-order chi connectivity index (χ1) is 9.49. The highest BCUT2D eigenvalue weighted by Crippen LogP contribution is 2.23. The van der Waals surface area contributed by atoms with Gasteiger partial charge in [-0.2, -0.15) is 0 Å². The second-order valence-corrected chi connectivity index (χ2v) is 6.01. The number of fused-ring (bicyclic) bond motifs is 1. The smallest absolute Gasteiger partial charge is 0.293 e. The molecule has 108 valence electrons. The Morgan fingerprint density at radius 3 is 2.50 bits per heavy atom. The molecule has 2 aromatic rings. The maximum atomic E-state index is 9.60. The van der Waals surface area contributed by atoms with Gasteiger partial charge >= 0.3 is 0 Å². The average Bonchev–Trinajstić information content (AvgIpc) is 2.73. The minimum Gasteiger partial charge on any atom is -0.462 e. The first kappa shape index (κ1) is 14.6. The first-order valence-electron chi connectivity index (χ1n) is 6.89. The molecule has 4 nitrogen and oxygen atoms in total. The van der Waals surface area contributed by atoms with Gasteiger partial charge in [0, 0.05) is 30.7 Å². The van der Waals surface area contributed by atoms with Crippen LogP contribution in [0.2, 0.25) is 0 Å². The van der Waals surface area contributed by atoms with Crippen LogP contribution in [0.25, 0.3) is 10.9 Å². The topological polar surface area (TPSA) is 54.1 Å². The van der Waals surface area contributed by atoms with Gasteiger partial charge in [0.1, 0.15) is 5.60 Å². The lowest BCUT2D eigenvalue weighted by atomic mass is 9.93. The van der Waals surface area contributed by atoms with Crippen LogP contribution >= 0.6 is 0 Å². The first-order valence-corrected chi connectivity index (χ1v) is 6.89. The highest BCUT2D eigenvalue weighted by atomic mass is 16.5. The third-order valence-electron chi connectivity index (χ3n) is 3.23. The summed E-state index contributed by atoms with van der Waals surface area (Å²) in [5.74, 6) is 0.735. The van der Waals surface area contributed by atoms with Gasteiger partial charge in [0.25, 0.3) is 6.47 Å². The van der Waals surface area contributed by atoms with Crippen molar-refractivity contribution < 1.29 is 9.53 Å². The van der Waals surface area contributed by atoms with Gasteiger partial charge < -0.3 is 15.0 Å². The molecule has 3 rings (SSSR count). The molecule has 2 N–H and O–H groups in total. The molecule has 0 radical (unpaired) electrons. The molecule has 1 saturated heterocycles. The predicted molar refractivity (Wildman–Crippen MR) is 80.8 cm³/mol. The van der Waals surface area contributed by atoms with E-state index in [1.807, 2.05) is 27.0 Å². The number of benzene rings is 1. The molecule has 4 heteroatoms. The normalized spacial score (nSPS) is 15.2. The summed E-state index contributed by atoms with van der Waals surface area (Å²) in [7, 11) is 0. The number of hydrogen-bond acceptors (Lipinski definition) is 3. The van der Waals surface area contributed by atoms with Crippen molar-refractivity contribution in [3.05, 3.63) is 36.0 Å². The lowest BCUT2D eigenvalue weighted by molar-refractivity contribution is -0.138. The minimum absolute atomic E-state index is 0.318. The highest BCUT2D eigenvalue weighted by molar-refractivity contribution is 5.80. The molecular formula is C16H22N2O2. The van der Waals surface area contributed by atoms with Gasteiger partial charge in [-0.15, -0.1) is 0 Å². The summed E-state index contributed by atoms with van der Waals surface area (Å²) in [6.45, 7) is 8.19. The number of rotatable bonds is 2. The Morgan fingerprint density at radius 1 is 1.25 bits per heavy atom. The second-order valence-electron chi connectivity index (χ2n) is 6.01. The molecule has 1 fully saturated rings. The van der Waals surface area contributed by atoms with Crippen LogP contribution in [0.15, 0.2) is 30.5 Å². The van der Waals surface area contributed by atoms with E-state index in [-0.39, 0.29) is 5.60 Å². The van der Waals surface area contributed by atoms with E-state index < -0.39 is 0 Å². The van der Waals surface area contributed by atoms with Crippen molar-refractivity contribution in [3.63, 3.8) is 0 Å². The number of H-pyrrole nitrogens is 1. The Labute approximate surface area is 119 Å². The Morgan fingerprint density at radius 2 is 2.00 bits per heavy atom. The predicted octanol–water partition coefficient (Wildman–Crippen LogP) is 2.81. The SMILES string of the molecule is CC(C)(C)OC=O.c1cc2cc(C3CNC3)ccc2[nH]1. The molecule has 0 saturated carbocycles. The fraction of sp³-hybridized carbons (Fsp3) is 0.438. The third kappa shape index (κ3) is 3.84. The molecule has 0 unspecified atom stereocenters. The number of nitrogens with one attached hydrogen (secondary N) is 2. The largest absolute Gasteiger partial charge is 0.462 e. The summed E-state index contributed by atoms with van der Waals surface area (Å²) in [6, 6.07) is 8.82. The van der Waals surface area contributed by atoms with Gasteiger partial charge in [-0.1, -0.05) is 6.07 Å². The number of carbonyl (C=O) groups is 1. The molecule has 2 heterocycles. The summed E-state index contributed by atoms with van der Waals surface area (Å²) in [5.41, 5.74) is 2.38. The fourth-order valence-corrected chi connectivity index (χ4v) is 1.99. The maximum absolute atomic E-state index is 9.60. The zero-order valence-corrected chi connectivity index (χ0v) is 12.3. The molecule has 0 atom stereocenters. The van der Waals surface area contributed by atoms with Crippen molar-refractivity contribution in [3.8, 4) is 0 Å². The summed E-state index contributed by atoms with van der Waals surface area (Å²) in [4.78, 5) is 12.8. The van der Waals surface area contributed by atoms with Crippen LogP contribution in [-0.2, 0) is 9.53 Å². The lowest BCUT2D eigenvalue weighted by Gasteiger charge is -2.27. The maximum Gasteiger partial charge on any atom is 0.293 e. The van der Waals surface area contributed by atoms with E-state index >= 15 is 0 Å². The fourth-order valence-electron chi connectivity index (χ4n) is 1.99. The van der Waals surface area contributed by atoms with Crippen molar-refractivity contribution >= 4 is 17.4 Å². The highest BCUT2D eigenvalue weighted by Gasteiger charge is 2.18. The van der Waals surface area contributed by atoms with Crippen molar-refractivity contribution in [1.82, 2.24) is 10.3 Å². The molecule has 0 aliphatic carbocycles. The van der Waals surface area contributed by atoms with E-state index in [0.29, 0.717) is 6.47 Å². The third-order valence-corrected chi connectivity index (χ3v) is 3.23. The van der Waals surface area contributed by atoms with Gasteiger partial charge in [-0.25, -0.2) is 0 Å².